The number of sulfone groups is 1. The predicted molar refractivity (Wildman–Crippen MR) is 132 cm³/mol. The molecule has 0 atom stereocenters. The first-order valence-corrected chi connectivity index (χ1v) is 13.2. The summed E-state index contributed by atoms with van der Waals surface area (Å²) in [6, 6.07) is 12.6. The van der Waals surface area contributed by atoms with Gasteiger partial charge in [-0.3, -0.25) is 4.79 Å². The number of benzene rings is 2. The van der Waals surface area contributed by atoms with Gasteiger partial charge in [-0.2, -0.15) is 0 Å². The van der Waals surface area contributed by atoms with E-state index in [9.17, 15) is 18.0 Å². The SMILES string of the molecule is CCOC(=O)C1(S(=O)(=O)c2ccc(Oc3ccc(Cl)cc3)cc2)CCN(C(=O)OC(C)(C)C)CC1. The quantitative estimate of drug-likeness (QED) is 0.477. The fraction of sp³-hybridized carbons (Fsp3) is 0.440. The zero-order valence-electron chi connectivity index (χ0n) is 20.2. The number of likely N-dealkylation sites (tertiary alicyclic amines) is 1. The highest BCUT2D eigenvalue weighted by Crippen LogP contribution is 2.38. The number of piperidine rings is 1. The molecule has 1 aliphatic heterocycles. The number of carbonyl (C=O) groups excluding carboxylic acids is 2. The highest BCUT2D eigenvalue weighted by atomic mass is 35.5. The molecule has 190 valence electrons. The molecule has 0 spiro atoms. The second-order valence-electron chi connectivity index (χ2n) is 9.21. The molecule has 1 heterocycles. The Labute approximate surface area is 211 Å². The first-order chi connectivity index (χ1) is 16.4. The van der Waals surface area contributed by atoms with Crippen molar-refractivity contribution in [2.24, 2.45) is 0 Å². The zero-order chi connectivity index (χ0) is 25.9. The minimum atomic E-state index is -4.15. The standard InChI is InChI=1S/C25H30ClNO7S/c1-5-32-22(28)25(14-16-27(17-15-25)23(29)34-24(2,3)4)35(30,31)21-12-10-20(11-13-21)33-19-8-6-18(26)7-9-19/h6-13H,5,14-17H2,1-4H3. The molecule has 1 amide bonds. The Morgan fingerprint density at radius 2 is 1.49 bits per heavy atom. The Morgan fingerprint density at radius 1 is 0.971 bits per heavy atom. The second-order valence-corrected chi connectivity index (χ2v) is 11.9. The summed E-state index contributed by atoms with van der Waals surface area (Å²) in [7, 11) is -4.15. The molecular formula is C25H30ClNO7S. The third-order valence-corrected chi connectivity index (χ3v) is 8.32. The number of nitrogens with zero attached hydrogens (tertiary/aromatic N) is 1. The summed E-state index contributed by atoms with van der Waals surface area (Å²) < 4.78 is 42.0. The van der Waals surface area contributed by atoms with Crippen LogP contribution in [-0.4, -0.2) is 55.4 Å². The van der Waals surface area contributed by atoms with Gasteiger partial charge in [0.05, 0.1) is 11.5 Å². The van der Waals surface area contributed by atoms with Gasteiger partial charge in [0.15, 0.2) is 14.6 Å². The van der Waals surface area contributed by atoms with E-state index in [2.05, 4.69) is 0 Å². The second kappa shape index (κ2) is 10.5. The smallest absolute Gasteiger partial charge is 0.410 e. The minimum absolute atomic E-state index is 0.0280. The van der Waals surface area contributed by atoms with Crippen LogP contribution in [0.4, 0.5) is 4.79 Å². The first kappa shape index (κ1) is 26.8. The lowest BCUT2D eigenvalue weighted by Crippen LogP contribution is -2.56. The normalized spacial score (nSPS) is 15.9. The average Bonchev–Trinajstić information content (AvgIpc) is 2.80. The van der Waals surface area contributed by atoms with Crippen LogP contribution in [0.2, 0.25) is 5.02 Å². The molecule has 10 heteroatoms. The number of esters is 1. The summed E-state index contributed by atoms with van der Waals surface area (Å²) >= 11 is 5.89. The fourth-order valence-corrected chi connectivity index (χ4v) is 5.84. The van der Waals surface area contributed by atoms with Crippen LogP contribution in [0, 0.1) is 0 Å². The van der Waals surface area contributed by atoms with Crippen LogP contribution in [0.3, 0.4) is 0 Å². The average molecular weight is 524 g/mol. The van der Waals surface area contributed by atoms with E-state index in [1.54, 1.807) is 52.0 Å². The summed E-state index contributed by atoms with van der Waals surface area (Å²) in [5.41, 5.74) is -0.686. The maximum atomic E-state index is 13.7. The molecule has 2 aromatic carbocycles. The van der Waals surface area contributed by atoms with E-state index in [1.165, 1.54) is 29.2 Å². The van der Waals surface area contributed by atoms with Crippen molar-refractivity contribution in [3.63, 3.8) is 0 Å². The molecule has 1 saturated heterocycles. The van der Waals surface area contributed by atoms with Gasteiger partial charge in [-0.1, -0.05) is 11.6 Å². The van der Waals surface area contributed by atoms with Crippen LogP contribution >= 0.6 is 11.6 Å². The molecule has 0 unspecified atom stereocenters. The Morgan fingerprint density at radius 3 is 1.97 bits per heavy atom. The number of halogens is 1. The first-order valence-electron chi connectivity index (χ1n) is 11.3. The van der Waals surface area contributed by atoms with Gasteiger partial charge in [0.2, 0.25) is 0 Å². The topological polar surface area (TPSA) is 99.2 Å². The van der Waals surface area contributed by atoms with E-state index in [0.29, 0.717) is 16.5 Å². The third kappa shape index (κ3) is 6.08. The Kier molecular flexibility index (Phi) is 8.01. The van der Waals surface area contributed by atoms with E-state index in [1.807, 2.05) is 0 Å². The Bertz CT molecular complexity index is 1150. The molecule has 0 N–H and O–H groups in total. The lowest BCUT2D eigenvalue weighted by molar-refractivity contribution is -0.147. The Hall–Kier alpha value is -2.78. The molecule has 2 aromatic rings. The van der Waals surface area contributed by atoms with Crippen molar-refractivity contribution in [2.75, 3.05) is 19.7 Å². The summed E-state index contributed by atoms with van der Waals surface area (Å²) in [6.07, 6.45) is -0.747. The van der Waals surface area contributed by atoms with Crippen molar-refractivity contribution in [1.82, 2.24) is 4.90 Å². The zero-order valence-corrected chi connectivity index (χ0v) is 21.8. The maximum absolute atomic E-state index is 13.7. The summed E-state index contributed by atoms with van der Waals surface area (Å²) in [5, 5.41) is 0.570. The third-order valence-electron chi connectivity index (χ3n) is 5.57. The van der Waals surface area contributed by atoms with Gasteiger partial charge in [-0.25, -0.2) is 13.2 Å². The van der Waals surface area contributed by atoms with Crippen LogP contribution in [0.1, 0.15) is 40.5 Å². The molecular weight excluding hydrogens is 494 g/mol. The minimum Gasteiger partial charge on any atom is -0.465 e. The van der Waals surface area contributed by atoms with E-state index in [4.69, 9.17) is 25.8 Å². The largest absolute Gasteiger partial charge is 0.465 e. The van der Waals surface area contributed by atoms with Crippen molar-refractivity contribution >= 4 is 33.5 Å². The van der Waals surface area contributed by atoms with Crippen LogP contribution < -0.4 is 4.74 Å². The number of hydrogen-bond donors (Lipinski definition) is 0. The van der Waals surface area contributed by atoms with Crippen molar-refractivity contribution in [3.05, 3.63) is 53.6 Å². The molecule has 0 bridgehead atoms. The highest BCUT2D eigenvalue weighted by molar-refractivity contribution is 7.93. The van der Waals surface area contributed by atoms with E-state index < -0.39 is 32.2 Å². The number of rotatable bonds is 6. The highest BCUT2D eigenvalue weighted by Gasteiger charge is 2.54. The van der Waals surface area contributed by atoms with Crippen molar-refractivity contribution < 1.29 is 32.2 Å². The lowest BCUT2D eigenvalue weighted by atomic mass is 9.96. The van der Waals surface area contributed by atoms with Crippen molar-refractivity contribution in [2.45, 2.75) is 55.8 Å². The fourth-order valence-electron chi connectivity index (χ4n) is 3.77. The van der Waals surface area contributed by atoms with Crippen LogP contribution in [0.5, 0.6) is 11.5 Å². The number of ether oxygens (including phenoxy) is 3. The molecule has 0 radical (unpaired) electrons. The monoisotopic (exact) mass is 523 g/mol. The van der Waals surface area contributed by atoms with E-state index in [-0.39, 0.29) is 37.4 Å². The van der Waals surface area contributed by atoms with E-state index in [0.717, 1.165) is 0 Å². The number of carbonyl (C=O) groups is 2. The maximum Gasteiger partial charge on any atom is 0.410 e. The summed E-state index contributed by atoms with van der Waals surface area (Å²) in [5.74, 6) is 0.157. The van der Waals surface area contributed by atoms with Gasteiger partial charge in [0, 0.05) is 18.1 Å². The van der Waals surface area contributed by atoms with Gasteiger partial charge in [0.1, 0.15) is 17.1 Å². The van der Waals surface area contributed by atoms with Gasteiger partial charge in [-0.05, 0) is 89.1 Å². The van der Waals surface area contributed by atoms with Crippen molar-refractivity contribution in [1.29, 1.82) is 0 Å². The van der Waals surface area contributed by atoms with Crippen LogP contribution in [0.15, 0.2) is 53.4 Å². The molecule has 1 aliphatic rings. The molecule has 35 heavy (non-hydrogen) atoms. The molecule has 1 fully saturated rings. The summed E-state index contributed by atoms with van der Waals surface area (Å²) in [6.45, 7) is 7.01. The molecule has 3 rings (SSSR count). The number of amides is 1. The van der Waals surface area contributed by atoms with Crippen LogP contribution in [-0.2, 0) is 24.1 Å². The van der Waals surface area contributed by atoms with E-state index >= 15 is 0 Å². The van der Waals surface area contributed by atoms with Gasteiger partial charge >= 0.3 is 12.1 Å². The molecule has 0 aliphatic carbocycles. The number of hydrogen-bond acceptors (Lipinski definition) is 7. The lowest BCUT2D eigenvalue weighted by Gasteiger charge is -2.39. The molecule has 0 aromatic heterocycles. The van der Waals surface area contributed by atoms with Crippen LogP contribution in [0.25, 0.3) is 0 Å². The van der Waals surface area contributed by atoms with Crippen molar-refractivity contribution in [3.8, 4) is 11.5 Å². The predicted octanol–water partition coefficient (Wildman–Crippen LogP) is 5.24. The Balaban J connectivity index is 1.83. The molecule has 0 saturated carbocycles. The molecule has 8 nitrogen and oxygen atoms in total. The van der Waals surface area contributed by atoms with Gasteiger partial charge in [-0.15, -0.1) is 0 Å². The van der Waals surface area contributed by atoms with Gasteiger partial charge < -0.3 is 19.1 Å². The van der Waals surface area contributed by atoms with Gasteiger partial charge in [0.25, 0.3) is 0 Å². The summed E-state index contributed by atoms with van der Waals surface area (Å²) in [4.78, 5) is 26.9.